The second-order valence-corrected chi connectivity index (χ2v) is 4.92. The van der Waals surface area contributed by atoms with E-state index in [-0.39, 0.29) is 5.69 Å². The van der Waals surface area contributed by atoms with Crippen LogP contribution in [0, 0.1) is 5.92 Å². The van der Waals surface area contributed by atoms with Crippen molar-refractivity contribution >= 4 is 5.97 Å². The van der Waals surface area contributed by atoms with Gasteiger partial charge in [-0.15, -0.1) is 0 Å². The van der Waals surface area contributed by atoms with E-state index in [1.807, 2.05) is 0 Å². The fourth-order valence-corrected chi connectivity index (χ4v) is 2.69. The lowest BCUT2D eigenvalue weighted by Gasteiger charge is -2.31. The molecule has 0 bridgehead atoms. The summed E-state index contributed by atoms with van der Waals surface area (Å²) in [4.78, 5) is 10.7. The van der Waals surface area contributed by atoms with Gasteiger partial charge in [0.2, 0.25) is 0 Å². The van der Waals surface area contributed by atoms with Crippen molar-refractivity contribution in [2.45, 2.75) is 51.6 Å². The molecule has 0 radical (unpaired) electrons. The lowest BCUT2D eigenvalue weighted by Crippen LogP contribution is -2.37. The number of carbonyl (C=O) groups is 1. The molecule has 1 fully saturated rings. The number of hydrogen-bond acceptors (Lipinski definition) is 4. The Bertz CT molecular complexity index is 403. The van der Waals surface area contributed by atoms with E-state index in [0.717, 1.165) is 5.92 Å². The average molecular weight is 252 g/mol. The first-order valence-corrected chi connectivity index (χ1v) is 6.63. The van der Waals surface area contributed by atoms with Crippen molar-refractivity contribution in [3.05, 3.63) is 17.5 Å². The molecule has 18 heavy (non-hydrogen) atoms. The monoisotopic (exact) mass is 252 g/mol. The van der Waals surface area contributed by atoms with Crippen LogP contribution in [0.4, 0.5) is 0 Å². The van der Waals surface area contributed by atoms with Gasteiger partial charge in [-0.05, 0) is 18.8 Å². The molecule has 1 aromatic rings. The van der Waals surface area contributed by atoms with Crippen LogP contribution in [-0.2, 0) is 6.54 Å². The highest BCUT2D eigenvalue weighted by atomic mass is 16.5. The molecule has 1 aliphatic carbocycles. The highest BCUT2D eigenvalue weighted by Crippen LogP contribution is 2.27. The highest BCUT2D eigenvalue weighted by molar-refractivity contribution is 5.85. The summed E-state index contributed by atoms with van der Waals surface area (Å²) in [7, 11) is 0. The lowest BCUT2D eigenvalue weighted by molar-refractivity contribution is 0.0685. The number of aromatic carboxylic acids is 1. The van der Waals surface area contributed by atoms with Crippen LogP contribution in [-0.4, -0.2) is 22.3 Å². The number of nitrogens with one attached hydrogen (secondary N) is 1. The zero-order chi connectivity index (χ0) is 13.0. The molecule has 5 nitrogen and oxygen atoms in total. The molecule has 0 aliphatic heterocycles. The third-order valence-electron chi connectivity index (χ3n) is 3.75. The van der Waals surface area contributed by atoms with Crippen molar-refractivity contribution in [1.29, 1.82) is 0 Å². The van der Waals surface area contributed by atoms with Crippen molar-refractivity contribution in [2.24, 2.45) is 5.92 Å². The van der Waals surface area contributed by atoms with E-state index >= 15 is 0 Å². The van der Waals surface area contributed by atoms with E-state index < -0.39 is 5.97 Å². The van der Waals surface area contributed by atoms with E-state index in [1.165, 1.54) is 38.2 Å². The summed E-state index contributed by atoms with van der Waals surface area (Å²) in [6, 6.07) is 2.00. The normalized spacial score (nSPS) is 24.1. The third kappa shape index (κ3) is 3.10. The van der Waals surface area contributed by atoms with Crippen molar-refractivity contribution in [2.75, 3.05) is 0 Å². The van der Waals surface area contributed by atoms with Crippen LogP contribution in [0.2, 0.25) is 0 Å². The fourth-order valence-electron chi connectivity index (χ4n) is 2.69. The minimum atomic E-state index is -1.05. The Hall–Kier alpha value is -1.36. The summed E-state index contributed by atoms with van der Waals surface area (Å²) < 4.78 is 4.99. The summed E-state index contributed by atoms with van der Waals surface area (Å²) in [6.07, 6.45) is 6.25. The first-order valence-electron chi connectivity index (χ1n) is 6.63. The first-order chi connectivity index (χ1) is 8.70. The molecule has 2 N–H and O–H groups in total. The minimum Gasteiger partial charge on any atom is -0.476 e. The van der Waals surface area contributed by atoms with Crippen LogP contribution < -0.4 is 5.32 Å². The molecular formula is C13H20N2O3. The predicted octanol–water partition coefficient (Wildman–Crippen LogP) is 2.43. The Balaban J connectivity index is 1.87. The van der Waals surface area contributed by atoms with Crippen molar-refractivity contribution in [1.82, 2.24) is 10.5 Å². The Morgan fingerprint density at radius 2 is 2.33 bits per heavy atom. The van der Waals surface area contributed by atoms with E-state index in [1.54, 1.807) is 0 Å². The smallest absolute Gasteiger partial charge is 0.358 e. The quantitative estimate of drug-likeness (QED) is 0.841. The minimum absolute atomic E-state index is 0.0255. The van der Waals surface area contributed by atoms with E-state index in [4.69, 9.17) is 9.63 Å². The van der Waals surface area contributed by atoms with Crippen molar-refractivity contribution in [3.8, 4) is 0 Å². The maximum Gasteiger partial charge on any atom is 0.358 e. The van der Waals surface area contributed by atoms with Gasteiger partial charge in [-0.25, -0.2) is 4.79 Å². The molecule has 0 saturated heterocycles. The van der Waals surface area contributed by atoms with Gasteiger partial charge >= 0.3 is 5.97 Å². The molecule has 1 aliphatic rings. The van der Waals surface area contributed by atoms with E-state index in [9.17, 15) is 4.79 Å². The predicted molar refractivity (Wildman–Crippen MR) is 66.3 cm³/mol. The van der Waals surface area contributed by atoms with Crippen molar-refractivity contribution < 1.29 is 14.4 Å². The van der Waals surface area contributed by atoms with E-state index in [2.05, 4.69) is 17.4 Å². The first kappa shape index (κ1) is 13.1. The Labute approximate surface area is 107 Å². The Morgan fingerprint density at radius 3 is 3.00 bits per heavy atom. The largest absolute Gasteiger partial charge is 0.476 e. The summed E-state index contributed by atoms with van der Waals surface area (Å²) >= 11 is 0. The zero-order valence-electron chi connectivity index (χ0n) is 10.7. The van der Waals surface area contributed by atoms with Gasteiger partial charge in [-0.1, -0.05) is 31.3 Å². The number of nitrogens with zero attached hydrogens (tertiary/aromatic N) is 1. The van der Waals surface area contributed by atoms with Crippen molar-refractivity contribution in [3.63, 3.8) is 0 Å². The van der Waals surface area contributed by atoms with Crippen LogP contribution >= 0.6 is 0 Å². The summed E-state index contributed by atoms with van der Waals surface area (Å²) in [5.74, 6) is 0.266. The maximum atomic E-state index is 10.7. The van der Waals surface area contributed by atoms with Gasteiger partial charge in [0.05, 0.1) is 6.54 Å². The number of hydrogen-bond donors (Lipinski definition) is 2. The molecule has 0 spiro atoms. The maximum absolute atomic E-state index is 10.7. The summed E-state index contributed by atoms with van der Waals surface area (Å²) in [6.45, 7) is 2.78. The Morgan fingerprint density at radius 1 is 1.56 bits per heavy atom. The summed E-state index contributed by atoms with van der Waals surface area (Å²) in [5.41, 5.74) is -0.0255. The number of rotatable bonds is 5. The molecule has 0 aromatic carbocycles. The molecule has 1 saturated carbocycles. The second-order valence-electron chi connectivity index (χ2n) is 4.92. The van der Waals surface area contributed by atoms with Gasteiger partial charge in [0.25, 0.3) is 0 Å². The number of aromatic nitrogens is 1. The van der Waals surface area contributed by atoms with Gasteiger partial charge in [-0.3, -0.25) is 0 Å². The van der Waals surface area contributed by atoms with Crippen LogP contribution in [0.15, 0.2) is 10.6 Å². The SMILES string of the molecule is CCC1CCCCC1NCc1cc(C(=O)O)no1. The van der Waals surface area contributed by atoms with Gasteiger partial charge in [0.1, 0.15) is 0 Å². The third-order valence-corrected chi connectivity index (χ3v) is 3.75. The van der Waals surface area contributed by atoms with Gasteiger partial charge in [0, 0.05) is 12.1 Å². The number of carboxylic acids is 1. The highest BCUT2D eigenvalue weighted by Gasteiger charge is 2.23. The topological polar surface area (TPSA) is 75.4 Å². The standard InChI is InChI=1S/C13H20N2O3/c1-2-9-5-3-4-6-11(9)14-8-10-7-12(13(16)17)15-18-10/h7,9,11,14H,2-6,8H2,1H3,(H,16,17). The molecule has 5 heteroatoms. The Kier molecular flexibility index (Phi) is 4.36. The lowest BCUT2D eigenvalue weighted by atomic mass is 9.83. The molecule has 1 aromatic heterocycles. The average Bonchev–Trinajstić information content (AvgIpc) is 2.85. The second kappa shape index (κ2) is 6.00. The summed E-state index contributed by atoms with van der Waals surface area (Å²) in [5, 5.41) is 15.7. The van der Waals surface area contributed by atoms with Crippen LogP contribution in [0.25, 0.3) is 0 Å². The van der Waals surface area contributed by atoms with Crippen LogP contribution in [0.3, 0.4) is 0 Å². The van der Waals surface area contributed by atoms with Crippen LogP contribution in [0.5, 0.6) is 0 Å². The molecule has 2 unspecified atom stereocenters. The van der Waals surface area contributed by atoms with Gasteiger partial charge in [-0.2, -0.15) is 0 Å². The molecule has 0 amide bonds. The molecule has 2 atom stereocenters. The van der Waals surface area contributed by atoms with Gasteiger partial charge < -0.3 is 14.9 Å². The van der Waals surface area contributed by atoms with Crippen LogP contribution in [0.1, 0.15) is 55.3 Å². The molecule has 100 valence electrons. The molecule has 1 heterocycles. The van der Waals surface area contributed by atoms with E-state index in [0.29, 0.717) is 18.3 Å². The molecule has 2 rings (SSSR count). The number of carboxylic acid groups (broad SMARTS) is 1. The fraction of sp³-hybridized carbons (Fsp3) is 0.692. The zero-order valence-corrected chi connectivity index (χ0v) is 10.7. The van der Waals surface area contributed by atoms with Gasteiger partial charge in [0.15, 0.2) is 11.5 Å². The molecular weight excluding hydrogens is 232 g/mol.